The molecule has 1 aliphatic carbocycles. The van der Waals surface area contributed by atoms with E-state index in [4.69, 9.17) is 4.74 Å². The Balaban J connectivity index is 1.17. The number of rotatable bonds is 4. The average Bonchev–Trinajstić information content (AvgIpc) is 3.26. The first kappa shape index (κ1) is 16.7. The van der Waals surface area contributed by atoms with Crippen molar-refractivity contribution in [2.75, 3.05) is 25.1 Å². The molecule has 27 heavy (non-hydrogen) atoms. The van der Waals surface area contributed by atoms with Gasteiger partial charge in [0.15, 0.2) is 0 Å². The molecule has 1 aliphatic heterocycles. The van der Waals surface area contributed by atoms with Crippen LogP contribution in [0.4, 0.5) is 5.69 Å². The number of aromatic amines is 1. The van der Waals surface area contributed by atoms with Gasteiger partial charge in [-0.1, -0.05) is 18.2 Å². The molecule has 0 bridgehead atoms. The van der Waals surface area contributed by atoms with Crippen molar-refractivity contribution >= 4 is 16.6 Å². The fourth-order valence-electron chi connectivity index (χ4n) is 4.78. The maximum absolute atomic E-state index is 5.26. The molecule has 1 saturated heterocycles. The summed E-state index contributed by atoms with van der Waals surface area (Å²) in [6.45, 7) is 2.23. The summed E-state index contributed by atoms with van der Waals surface area (Å²) in [6, 6.07) is 18.3. The molecule has 2 N–H and O–H groups in total. The van der Waals surface area contributed by atoms with E-state index in [-0.39, 0.29) is 0 Å². The van der Waals surface area contributed by atoms with Crippen LogP contribution >= 0.6 is 0 Å². The molecule has 4 nitrogen and oxygen atoms in total. The Morgan fingerprint density at radius 1 is 0.963 bits per heavy atom. The summed E-state index contributed by atoms with van der Waals surface area (Å²) in [4.78, 5) is 6.11. The quantitative estimate of drug-likeness (QED) is 0.740. The Hall–Kier alpha value is -2.46. The van der Waals surface area contributed by atoms with Crippen molar-refractivity contribution in [3.63, 3.8) is 0 Å². The van der Waals surface area contributed by atoms with Crippen molar-refractivity contribution in [1.29, 1.82) is 0 Å². The highest BCUT2D eigenvalue weighted by Gasteiger charge is 2.28. The van der Waals surface area contributed by atoms with Crippen molar-refractivity contribution in [3.8, 4) is 5.75 Å². The second kappa shape index (κ2) is 6.93. The summed E-state index contributed by atoms with van der Waals surface area (Å²) in [7, 11) is 1.72. The number of para-hydroxylation sites is 1. The lowest BCUT2D eigenvalue weighted by Gasteiger charge is -2.35. The lowest BCUT2D eigenvalue weighted by atomic mass is 10.0. The zero-order chi connectivity index (χ0) is 18.2. The number of piperidine rings is 1. The van der Waals surface area contributed by atoms with Crippen LogP contribution < -0.4 is 15.0 Å². The molecule has 0 spiro atoms. The smallest absolute Gasteiger partial charge is 0.119 e. The van der Waals surface area contributed by atoms with E-state index in [1.165, 1.54) is 40.7 Å². The Morgan fingerprint density at radius 3 is 2.52 bits per heavy atom. The van der Waals surface area contributed by atoms with Crippen LogP contribution in [-0.2, 0) is 12.8 Å². The fraction of sp³-hybridized carbons (Fsp3) is 0.391. The lowest BCUT2D eigenvalue weighted by Crippen LogP contribution is -2.46. The van der Waals surface area contributed by atoms with Crippen molar-refractivity contribution in [3.05, 3.63) is 59.8 Å². The number of fused-ring (bicyclic) bond motifs is 3. The van der Waals surface area contributed by atoms with E-state index in [1.807, 2.05) is 0 Å². The molecular weight excluding hydrogens is 334 g/mol. The van der Waals surface area contributed by atoms with Gasteiger partial charge in [-0.05, 0) is 55.2 Å². The first-order valence-electron chi connectivity index (χ1n) is 10.0. The molecule has 2 aromatic carbocycles. The van der Waals surface area contributed by atoms with E-state index in [0.717, 1.165) is 31.7 Å². The second-order valence-corrected chi connectivity index (χ2v) is 7.86. The zero-order valence-electron chi connectivity index (χ0n) is 15.9. The van der Waals surface area contributed by atoms with Gasteiger partial charge in [0.25, 0.3) is 0 Å². The van der Waals surface area contributed by atoms with Crippen LogP contribution in [0.5, 0.6) is 5.75 Å². The molecule has 5 rings (SSSR count). The van der Waals surface area contributed by atoms with E-state index in [2.05, 4.69) is 63.7 Å². The highest BCUT2D eigenvalue weighted by Crippen LogP contribution is 2.31. The SMILES string of the molecule is COc1ccc(N2CCC(NC3Cc4[nH]c5ccccc5c4C3)CC2)cc1. The average molecular weight is 361 g/mol. The Morgan fingerprint density at radius 2 is 1.74 bits per heavy atom. The van der Waals surface area contributed by atoms with Gasteiger partial charge >= 0.3 is 0 Å². The van der Waals surface area contributed by atoms with Gasteiger partial charge in [0, 0.05) is 53.9 Å². The number of aromatic nitrogens is 1. The number of nitrogens with zero attached hydrogens (tertiary/aromatic N) is 1. The Bertz CT molecular complexity index is 922. The van der Waals surface area contributed by atoms with Gasteiger partial charge in [0.05, 0.1) is 7.11 Å². The minimum Gasteiger partial charge on any atom is -0.497 e. The van der Waals surface area contributed by atoms with Gasteiger partial charge in [-0.15, -0.1) is 0 Å². The maximum Gasteiger partial charge on any atom is 0.119 e. The van der Waals surface area contributed by atoms with E-state index in [0.29, 0.717) is 12.1 Å². The van der Waals surface area contributed by atoms with Crippen molar-refractivity contribution < 1.29 is 4.74 Å². The summed E-state index contributed by atoms with van der Waals surface area (Å²) in [6.07, 6.45) is 4.69. The van der Waals surface area contributed by atoms with Crippen LogP contribution in [0.2, 0.25) is 0 Å². The zero-order valence-corrected chi connectivity index (χ0v) is 15.9. The molecule has 0 amide bonds. The van der Waals surface area contributed by atoms with Gasteiger partial charge in [0.1, 0.15) is 5.75 Å². The number of hydrogen-bond acceptors (Lipinski definition) is 3. The molecule has 2 aliphatic rings. The molecule has 3 aromatic rings. The monoisotopic (exact) mass is 361 g/mol. The highest BCUT2D eigenvalue weighted by molar-refractivity contribution is 5.85. The summed E-state index contributed by atoms with van der Waals surface area (Å²) in [5, 5.41) is 5.35. The third kappa shape index (κ3) is 3.19. The first-order valence-corrected chi connectivity index (χ1v) is 10.0. The summed E-state index contributed by atoms with van der Waals surface area (Å²) in [5.74, 6) is 0.923. The largest absolute Gasteiger partial charge is 0.497 e. The summed E-state index contributed by atoms with van der Waals surface area (Å²) < 4.78 is 5.26. The maximum atomic E-state index is 5.26. The van der Waals surface area contributed by atoms with Crippen LogP contribution in [0.3, 0.4) is 0 Å². The fourth-order valence-corrected chi connectivity index (χ4v) is 4.78. The number of anilines is 1. The predicted octanol–water partition coefficient (Wildman–Crippen LogP) is 3.90. The molecule has 2 heterocycles. The van der Waals surface area contributed by atoms with Crippen LogP contribution in [0.25, 0.3) is 10.9 Å². The van der Waals surface area contributed by atoms with Crippen LogP contribution in [0.15, 0.2) is 48.5 Å². The number of nitrogens with one attached hydrogen (secondary N) is 2. The Kier molecular flexibility index (Phi) is 4.29. The van der Waals surface area contributed by atoms with Crippen LogP contribution in [0.1, 0.15) is 24.1 Å². The van der Waals surface area contributed by atoms with Crippen molar-refractivity contribution in [1.82, 2.24) is 10.3 Å². The van der Waals surface area contributed by atoms with Crippen molar-refractivity contribution in [2.45, 2.75) is 37.8 Å². The van der Waals surface area contributed by atoms with Gasteiger partial charge in [0.2, 0.25) is 0 Å². The third-order valence-electron chi connectivity index (χ3n) is 6.21. The standard InChI is InChI=1S/C23H27N3O/c1-27-19-8-6-18(7-9-19)26-12-10-16(11-13-26)24-17-14-21-20-4-2-3-5-22(20)25-23(21)15-17/h2-9,16-17,24-25H,10-15H2,1H3. The van der Waals surface area contributed by atoms with Gasteiger partial charge in [-0.25, -0.2) is 0 Å². The van der Waals surface area contributed by atoms with Gasteiger partial charge < -0.3 is 19.9 Å². The normalized spacial score (nSPS) is 20.2. The number of H-pyrrole nitrogens is 1. The molecule has 0 saturated carbocycles. The molecule has 1 fully saturated rings. The molecule has 4 heteroatoms. The van der Waals surface area contributed by atoms with Crippen molar-refractivity contribution in [2.24, 2.45) is 0 Å². The molecule has 1 atom stereocenters. The molecule has 1 aromatic heterocycles. The number of hydrogen-bond donors (Lipinski definition) is 2. The highest BCUT2D eigenvalue weighted by atomic mass is 16.5. The molecule has 0 radical (unpaired) electrons. The first-order chi connectivity index (χ1) is 13.3. The Labute approximate surface area is 160 Å². The van der Waals surface area contributed by atoms with E-state index in [9.17, 15) is 0 Å². The predicted molar refractivity (Wildman–Crippen MR) is 111 cm³/mol. The number of methoxy groups -OCH3 is 1. The molecular formula is C23H27N3O. The molecule has 140 valence electrons. The van der Waals surface area contributed by atoms with Gasteiger partial charge in [-0.3, -0.25) is 0 Å². The minimum atomic E-state index is 0.577. The number of benzene rings is 2. The van der Waals surface area contributed by atoms with Crippen LogP contribution in [-0.4, -0.2) is 37.3 Å². The lowest BCUT2D eigenvalue weighted by molar-refractivity contribution is 0.370. The summed E-state index contributed by atoms with van der Waals surface area (Å²) >= 11 is 0. The third-order valence-corrected chi connectivity index (χ3v) is 6.21. The molecule has 1 unspecified atom stereocenters. The summed E-state index contributed by atoms with van der Waals surface area (Å²) in [5.41, 5.74) is 5.55. The second-order valence-electron chi connectivity index (χ2n) is 7.86. The van der Waals surface area contributed by atoms with Crippen LogP contribution in [0, 0.1) is 0 Å². The van der Waals surface area contributed by atoms with E-state index < -0.39 is 0 Å². The topological polar surface area (TPSA) is 40.3 Å². The van der Waals surface area contributed by atoms with E-state index >= 15 is 0 Å². The number of ether oxygens (including phenoxy) is 1. The van der Waals surface area contributed by atoms with Gasteiger partial charge in [-0.2, -0.15) is 0 Å². The van der Waals surface area contributed by atoms with E-state index in [1.54, 1.807) is 7.11 Å². The minimum absolute atomic E-state index is 0.577.